The van der Waals surface area contributed by atoms with Crippen LogP contribution >= 0.6 is 0 Å². The highest BCUT2D eigenvalue weighted by atomic mass is 16.5. The maximum atomic E-state index is 5.21. The molecule has 0 spiro atoms. The molecule has 84 valence electrons. The monoisotopic (exact) mass is 217 g/mol. The third-order valence-electron chi connectivity index (χ3n) is 2.45. The van der Waals surface area contributed by atoms with Crippen LogP contribution in [0, 0.1) is 0 Å². The molecule has 0 saturated carbocycles. The van der Waals surface area contributed by atoms with Gasteiger partial charge < -0.3 is 10.1 Å². The van der Waals surface area contributed by atoms with Gasteiger partial charge in [-0.05, 0) is 24.7 Å². The molecular weight excluding hydrogens is 202 g/mol. The highest BCUT2D eigenvalue weighted by Crippen LogP contribution is 2.25. The molecule has 0 aliphatic carbocycles. The number of hydrogen-bond acceptors (Lipinski definition) is 3. The molecule has 0 aliphatic rings. The van der Waals surface area contributed by atoms with Crippen LogP contribution in [0.4, 0.5) is 0 Å². The molecule has 0 unspecified atom stereocenters. The van der Waals surface area contributed by atoms with Gasteiger partial charge in [0.2, 0.25) is 0 Å². The first-order chi connectivity index (χ1) is 7.85. The number of nitrogens with one attached hydrogen (secondary N) is 2. The Morgan fingerprint density at radius 1 is 1.44 bits per heavy atom. The molecule has 1 aromatic heterocycles. The summed E-state index contributed by atoms with van der Waals surface area (Å²) in [5, 5.41) is 10.2. The van der Waals surface area contributed by atoms with Gasteiger partial charge in [-0.15, -0.1) is 0 Å². The van der Waals surface area contributed by atoms with Crippen LogP contribution in [-0.2, 0) is 6.54 Å². The number of H-pyrrole nitrogens is 1. The molecule has 1 aromatic carbocycles. The normalized spacial score (nSPS) is 10.4. The van der Waals surface area contributed by atoms with Crippen molar-refractivity contribution in [2.24, 2.45) is 0 Å². The molecule has 0 bridgehead atoms. The fraction of sp³-hybridized carbons (Fsp3) is 0.250. The van der Waals surface area contributed by atoms with E-state index in [1.165, 1.54) is 0 Å². The summed E-state index contributed by atoms with van der Waals surface area (Å²) in [6, 6.07) is 7.96. The van der Waals surface area contributed by atoms with Crippen LogP contribution in [0.25, 0.3) is 11.1 Å². The van der Waals surface area contributed by atoms with E-state index < -0.39 is 0 Å². The summed E-state index contributed by atoms with van der Waals surface area (Å²) < 4.78 is 5.21. The average Bonchev–Trinajstić information content (AvgIpc) is 2.78. The highest BCUT2D eigenvalue weighted by molar-refractivity contribution is 5.66. The fourth-order valence-corrected chi connectivity index (χ4v) is 1.66. The third kappa shape index (κ3) is 2.06. The molecule has 4 heteroatoms. The minimum absolute atomic E-state index is 0.770. The molecule has 2 N–H and O–H groups in total. The first-order valence-electron chi connectivity index (χ1n) is 5.16. The van der Waals surface area contributed by atoms with E-state index in [9.17, 15) is 0 Å². The molecule has 0 atom stereocenters. The zero-order chi connectivity index (χ0) is 11.4. The molecule has 0 saturated heterocycles. The van der Waals surface area contributed by atoms with Crippen molar-refractivity contribution in [3.8, 4) is 16.9 Å². The van der Waals surface area contributed by atoms with Gasteiger partial charge in [0.25, 0.3) is 0 Å². The van der Waals surface area contributed by atoms with Crippen molar-refractivity contribution in [2.45, 2.75) is 6.54 Å². The number of benzene rings is 1. The molecule has 16 heavy (non-hydrogen) atoms. The van der Waals surface area contributed by atoms with Gasteiger partial charge in [0.15, 0.2) is 0 Å². The molecule has 0 radical (unpaired) electrons. The Hall–Kier alpha value is -1.81. The topological polar surface area (TPSA) is 49.9 Å². The quantitative estimate of drug-likeness (QED) is 0.821. The Labute approximate surface area is 94.6 Å². The first-order valence-corrected chi connectivity index (χ1v) is 5.16. The van der Waals surface area contributed by atoms with Crippen LogP contribution in [0.2, 0.25) is 0 Å². The summed E-state index contributed by atoms with van der Waals surface area (Å²) in [4.78, 5) is 0. The first kappa shape index (κ1) is 10.7. The minimum Gasteiger partial charge on any atom is -0.497 e. The van der Waals surface area contributed by atoms with E-state index in [0.717, 1.165) is 29.1 Å². The van der Waals surface area contributed by atoms with Gasteiger partial charge in [0.05, 0.1) is 19.0 Å². The number of rotatable bonds is 4. The zero-order valence-corrected chi connectivity index (χ0v) is 9.45. The van der Waals surface area contributed by atoms with Crippen LogP contribution in [0.3, 0.4) is 0 Å². The van der Waals surface area contributed by atoms with E-state index in [1.54, 1.807) is 7.11 Å². The van der Waals surface area contributed by atoms with E-state index in [-0.39, 0.29) is 0 Å². The van der Waals surface area contributed by atoms with Crippen molar-refractivity contribution >= 4 is 0 Å². The lowest BCUT2D eigenvalue weighted by Crippen LogP contribution is -2.06. The predicted octanol–water partition coefficient (Wildman–Crippen LogP) is 1.80. The van der Waals surface area contributed by atoms with Crippen molar-refractivity contribution in [2.75, 3.05) is 14.2 Å². The van der Waals surface area contributed by atoms with Crippen molar-refractivity contribution < 1.29 is 4.74 Å². The van der Waals surface area contributed by atoms with E-state index in [1.807, 2.05) is 37.5 Å². The molecule has 0 amide bonds. The predicted molar refractivity (Wildman–Crippen MR) is 63.3 cm³/mol. The summed E-state index contributed by atoms with van der Waals surface area (Å²) in [6.07, 6.45) is 1.83. The van der Waals surface area contributed by atoms with Gasteiger partial charge in [0, 0.05) is 12.1 Å². The van der Waals surface area contributed by atoms with Gasteiger partial charge >= 0.3 is 0 Å². The van der Waals surface area contributed by atoms with Crippen molar-refractivity contribution in [3.63, 3.8) is 0 Å². The lowest BCUT2D eigenvalue weighted by molar-refractivity contribution is 0.415. The van der Waals surface area contributed by atoms with Crippen LogP contribution in [-0.4, -0.2) is 24.4 Å². The van der Waals surface area contributed by atoms with E-state index in [4.69, 9.17) is 4.74 Å². The van der Waals surface area contributed by atoms with Gasteiger partial charge in [-0.2, -0.15) is 5.10 Å². The van der Waals surface area contributed by atoms with Crippen LogP contribution in [0.5, 0.6) is 5.75 Å². The zero-order valence-electron chi connectivity index (χ0n) is 9.45. The second-order valence-electron chi connectivity index (χ2n) is 3.52. The Kier molecular flexibility index (Phi) is 3.22. The largest absolute Gasteiger partial charge is 0.497 e. The maximum Gasteiger partial charge on any atom is 0.119 e. The van der Waals surface area contributed by atoms with Crippen molar-refractivity contribution in [1.29, 1.82) is 0 Å². The third-order valence-corrected chi connectivity index (χ3v) is 2.45. The van der Waals surface area contributed by atoms with Gasteiger partial charge in [-0.25, -0.2) is 0 Å². The molecule has 1 heterocycles. The van der Waals surface area contributed by atoms with E-state index in [2.05, 4.69) is 15.5 Å². The average molecular weight is 217 g/mol. The van der Waals surface area contributed by atoms with Crippen molar-refractivity contribution in [3.05, 3.63) is 36.2 Å². The molecule has 0 aliphatic heterocycles. The summed E-state index contributed by atoms with van der Waals surface area (Å²) >= 11 is 0. The number of nitrogens with zero attached hydrogens (tertiary/aromatic N) is 1. The molecule has 2 aromatic rings. The summed E-state index contributed by atoms with van der Waals surface area (Å²) in [6.45, 7) is 0.770. The SMILES string of the molecule is CNCc1[nH]ncc1-c1cccc(OC)c1. The summed E-state index contributed by atoms with van der Waals surface area (Å²) in [5.41, 5.74) is 3.29. The molecular formula is C12H15N3O. The number of hydrogen-bond donors (Lipinski definition) is 2. The molecule has 0 fully saturated rings. The van der Waals surface area contributed by atoms with E-state index in [0.29, 0.717) is 0 Å². The van der Waals surface area contributed by atoms with Crippen LogP contribution in [0.1, 0.15) is 5.69 Å². The maximum absolute atomic E-state index is 5.21. The summed E-state index contributed by atoms with van der Waals surface area (Å²) in [7, 11) is 3.58. The Morgan fingerprint density at radius 3 is 3.06 bits per heavy atom. The Balaban J connectivity index is 2.37. The Bertz CT molecular complexity index is 465. The van der Waals surface area contributed by atoms with Crippen LogP contribution < -0.4 is 10.1 Å². The number of aromatic nitrogens is 2. The fourth-order valence-electron chi connectivity index (χ4n) is 1.66. The van der Waals surface area contributed by atoms with Crippen LogP contribution in [0.15, 0.2) is 30.5 Å². The number of methoxy groups -OCH3 is 1. The van der Waals surface area contributed by atoms with Gasteiger partial charge in [-0.1, -0.05) is 12.1 Å². The summed E-state index contributed by atoms with van der Waals surface area (Å²) in [5.74, 6) is 0.856. The lowest BCUT2D eigenvalue weighted by Gasteiger charge is -2.05. The van der Waals surface area contributed by atoms with Gasteiger partial charge in [-0.3, -0.25) is 5.10 Å². The number of ether oxygens (including phenoxy) is 1. The van der Waals surface area contributed by atoms with Crippen molar-refractivity contribution in [1.82, 2.24) is 15.5 Å². The van der Waals surface area contributed by atoms with Gasteiger partial charge in [0.1, 0.15) is 5.75 Å². The second-order valence-corrected chi connectivity index (χ2v) is 3.52. The molecule has 4 nitrogen and oxygen atoms in total. The highest BCUT2D eigenvalue weighted by Gasteiger charge is 2.07. The lowest BCUT2D eigenvalue weighted by atomic mass is 10.1. The second kappa shape index (κ2) is 4.81. The Morgan fingerprint density at radius 2 is 2.31 bits per heavy atom. The van der Waals surface area contributed by atoms with E-state index >= 15 is 0 Å². The number of aromatic amines is 1. The molecule has 2 rings (SSSR count). The minimum atomic E-state index is 0.770. The smallest absolute Gasteiger partial charge is 0.119 e. The standard InChI is InChI=1S/C12H15N3O/c1-13-8-12-11(7-14-15-12)9-4-3-5-10(6-9)16-2/h3-7,13H,8H2,1-2H3,(H,14,15).